The highest BCUT2D eigenvalue weighted by molar-refractivity contribution is 7.62. The zero-order valence-electron chi connectivity index (χ0n) is 29.8. The first-order valence-electron chi connectivity index (χ1n) is 17.5. The van der Waals surface area contributed by atoms with Crippen LogP contribution in [0.25, 0.3) is 11.3 Å². The van der Waals surface area contributed by atoms with E-state index in [0.717, 1.165) is 29.8 Å². The van der Waals surface area contributed by atoms with Crippen molar-refractivity contribution in [3.05, 3.63) is 78.0 Å². The van der Waals surface area contributed by atoms with Gasteiger partial charge in [-0.3, -0.25) is 14.2 Å². The van der Waals surface area contributed by atoms with E-state index in [1.165, 1.54) is 0 Å². The number of nitrogens with zero attached hydrogens (tertiary/aromatic N) is 4. The number of amides is 3. The minimum atomic E-state index is -3.51. The molecule has 13 nitrogen and oxygen atoms in total. The number of piperazine rings is 1. The van der Waals surface area contributed by atoms with E-state index in [9.17, 15) is 18.9 Å². The van der Waals surface area contributed by atoms with Crippen molar-refractivity contribution in [3.8, 4) is 11.3 Å². The van der Waals surface area contributed by atoms with Gasteiger partial charge < -0.3 is 38.5 Å². The van der Waals surface area contributed by atoms with Crippen LogP contribution in [0.15, 0.2) is 66.7 Å². The van der Waals surface area contributed by atoms with E-state index in [1.54, 1.807) is 68.0 Å². The lowest BCUT2D eigenvalue weighted by Gasteiger charge is -2.36. The first-order valence-corrected chi connectivity index (χ1v) is 19.1. The Balaban J connectivity index is 1.42. The summed E-state index contributed by atoms with van der Waals surface area (Å²) >= 11 is 0. The molecular formula is C37H48N5O8P. The summed E-state index contributed by atoms with van der Waals surface area (Å²) in [6.07, 6.45) is 0.693. The van der Waals surface area contributed by atoms with Crippen molar-refractivity contribution < 1.29 is 37.5 Å². The molecule has 0 saturated carbocycles. The molecule has 3 heterocycles. The molecule has 2 aliphatic heterocycles. The lowest BCUT2D eigenvalue weighted by molar-refractivity contribution is -0.134. The fourth-order valence-electron chi connectivity index (χ4n) is 6.28. The molecule has 51 heavy (non-hydrogen) atoms. The highest BCUT2D eigenvalue weighted by Gasteiger charge is 2.32. The maximum absolute atomic E-state index is 14.2. The molecular weight excluding hydrogens is 673 g/mol. The van der Waals surface area contributed by atoms with E-state index >= 15 is 0 Å². The standard InChI is InChI=1S/C37H48N5O8P/c1-5-48-37(45)41-21-19-40(20-22-41)36(44)34(23-27-13-15-31(16-14-27)51(46,49-6-2)50-7-3)39-35(43)33-25-29(42-18-17-30(26-42)47-4)24-32(38-33)28-11-9-8-10-12-28/h8-16,24-25,30,34H,5-7,17-23,26H2,1-4H3,(H,39,43). The van der Waals surface area contributed by atoms with Crippen molar-refractivity contribution in [2.45, 2.75) is 45.8 Å². The topological polar surface area (TPSA) is 140 Å². The Hall–Kier alpha value is -4.29. The number of carbonyl (C=O) groups is 3. The number of benzene rings is 2. The van der Waals surface area contributed by atoms with Crippen LogP contribution >= 0.6 is 7.60 Å². The van der Waals surface area contributed by atoms with Gasteiger partial charge in [-0.1, -0.05) is 42.5 Å². The Morgan fingerprint density at radius 1 is 0.882 bits per heavy atom. The summed E-state index contributed by atoms with van der Waals surface area (Å²) in [5.41, 5.74) is 3.26. The van der Waals surface area contributed by atoms with Crippen LogP contribution in [0.3, 0.4) is 0 Å². The smallest absolute Gasteiger partial charge is 0.409 e. The second kappa shape index (κ2) is 17.8. The van der Waals surface area contributed by atoms with Gasteiger partial charge in [0, 0.05) is 64.0 Å². The number of anilines is 1. The molecule has 0 bridgehead atoms. The van der Waals surface area contributed by atoms with Crippen LogP contribution in [0.4, 0.5) is 10.5 Å². The van der Waals surface area contributed by atoms with E-state index in [-0.39, 0.29) is 57.0 Å². The van der Waals surface area contributed by atoms with E-state index in [2.05, 4.69) is 10.2 Å². The van der Waals surface area contributed by atoms with E-state index < -0.39 is 25.6 Å². The summed E-state index contributed by atoms with van der Waals surface area (Å²) in [4.78, 5) is 50.7. The highest BCUT2D eigenvalue weighted by Crippen LogP contribution is 2.46. The summed E-state index contributed by atoms with van der Waals surface area (Å²) in [5, 5.41) is 3.40. The molecule has 2 fully saturated rings. The van der Waals surface area contributed by atoms with Crippen LogP contribution in [0.1, 0.15) is 43.2 Å². The van der Waals surface area contributed by atoms with Crippen molar-refractivity contribution in [2.24, 2.45) is 0 Å². The Morgan fingerprint density at radius 2 is 1.55 bits per heavy atom. The second-order valence-electron chi connectivity index (χ2n) is 12.3. The van der Waals surface area contributed by atoms with Gasteiger partial charge in [-0.25, -0.2) is 9.78 Å². The number of ether oxygens (including phenoxy) is 2. The highest BCUT2D eigenvalue weighted by atomic mass is 31.2. The summed E-state index contributed by atoms with van der Waals surface area (Å²) in [7, 11) is -1.81. The third-order valence-electron chi connectivity index (χ3n) is 8.97. The molecule has 2 aromatic carbocycles. The maximum atomic E-state index is 14.2. The van der Waals surface area contributed by atoms with Gasteiger partial charge in [0.25, 0.3) is 5.91 Å². The SMILES string of the molecule is CCOC(=O)N1CCN(C(=O)C(Cc2ccc(P(=O)(OCC)OCC)cc2)NC(=O)c2cc(N3CCC(OC)C3)cc(-c3ccccc3)n2)CC1. The number of rotatable bonds is 14. The number of hydrogen-bond acceptors (Lipinski definition) is 10. The van der Waals surface area contributed by atoms with Gasteiger partial charge in [-0.2, -0.15) is 0 Å². The average molecular weight is 722 g/mol. The lowest BCUT2D eigenvalue weighted by atomic mass is 10.0. The number of carbonyl (C=O) groups excluding carboxylic acids is 3. The molecule has 2 saturated heterocycles. The van der Waals surface area contributed by atoms with Gasteiger partial charge in [0.1, 0.15) is 11.7 Å². The molecule has 1 N–H and O–H groups in total. The largest absolute Gasteiger partial charge is 0.450 e. The molecule has 3 aromatic rings. The zero-order valence-corrected chi connectivity index (χ0v) is 30.7. The van der Waals surface area contributed by atoms with Crippen LogP contribution in [0, 0.1) is 0 Å². The Bertz CT molecular complexity index is 1670. The van der Waals surface area contributed by atoms with Crippen LogP contribution in [0.5, 0.6) is 0 Å². The first kappa shape index (κ1) is 38.0. The van der Waals surface area contributed by atoms with Gasteiger partial charge in [0.2, 0.25) is 5.91 Å². The van der Waals surface area contributed by atoms with E-state index in [0.29, 0.717) is 30.6 Å². The number of methoxy groups -OCH3 is 1. The molecule has 14 heteroatoms. The third kappa shape index (κ3) is 9.53. The van der Waals surface area contributed by atoms with Gasteiger partial charge in [0.05, 0.1) is 36.9 Å². The fraction of sp³-hybridized carbons (Fsp3) is 0.459. The number of nitrogens with one attached hydrogen (secondary N) is 1. The fourth-order valence-corrected chi connectivity index (χ4v) is 7.85. The number of hydrogen-bond donors (Lipinski definition) is 1. The molecule has 2 aliphatic rings. The minimum absolute atomic E-state index is 0.0873. The van der Waals surface area contributed by atoms with Crippen molar-refractivity contribution >= 4 is 36.5 Å². The van der Waals surface area contributed by atoms with E-state index in [4.69, 9.17) is 23.5 Å². The van der Waals surface area contributed by atoms with Crippen molar-refractivity contribution in [1.82, 2.24) is 20.1 Å². The molecule has 0 aliphatic carbocycles. The second-order valence-corrected chi connectivity index (χ2v) is 14.3. The van der Waals surface area contributed by atoms with Gasteiger partial charge >= 0.3 is 13.7 Å². The monoisotopic (exact) mass is 721 g/mol. The Morgan fingerprint density at radius 3 is 2.16 bits per heavy atom. The summed E-state index contributed by atoms with van der Waals surface area (Å²) in [6, 6.07) is 19.3. The average Bonchev–Trinajstić information content (AvgIpc) is 3.65. The number of aromatic nitrogens is 1. The van der Waals surface area contributed by atoms with Crippen molar-refractivity contribution in [1.29, 1.82) is 0 Å². The van der Waals surface area contributed by atoms with Crippen LogP contribution in [-0.4, -0.2) is 111 Å². The quantitative estimate of drug-likeness (QED) is 0.237. The van der Waals surface area contributed by atoms with Crippen molar-refractivity contribution in [2.75, 3.05) is 71.1 Å². The summed E-state index contributed by atoms with van der Waals surface area (Å²) in [5.74, 6) is -0.777. The predicted octanol–water partition coefficient (Wildman–Crippen LogP) is 4.51. The molecule has 2 unspecified atom stereocenters. The molecule has 5 rings (SSSR count). The molecule has 0 spiro atoms. The van der Waals surface area contributed by atoms with Gasteiger partial charge in [0.15, 0.2) is 0 Å². The molecule has 2 atom stereocenters. The van der Waals surface area contributed by atoms with E-state index in [1.807, 2.05) is 36.4 Å². The molecule has 1 aromatic heterocycles. The van der Waals surface area contributed by atoms with Gasteiger partial charge in [-0.05, 0) is 57.0 Å². The minimum Gasteiger partial charge on any atom is -0.450 e. The summed E-state index contributed by atoms with van der Waals surface area (Å²) in [6.45, 7) is 8.61. The number of pyridine rings is 1. The Labute approximate surface area is 299 Å². The first-order chi connectivity index (χ1) is 24.7. The molecule has 0 radical (unpaired) electrons. The van der Waals surface area contributed by atoms with Crippen LogP contribution in [-0.2, 0) is 34.3 Å². The summed E-state index contributed by atoms with van der Waals surface area (Å²) < 4.78 is 35.1. The van der Waals surface area contributed by atoms with Crippen LogP contribution < -0.4 is 15.5 Å². The normalized spacial score (nSPS) is 16.9. The third-order valence-corrected chi connectivity index (χ3v) is 11.1. The maximum Gasteiger partial charge on any atom is 0.409 e. The van der Waals surface area contributed by atoms with Crippen LogP contribution in [0.2, 0.25) is 0 Å². The predicted molar refractivity (Wildman–Crippen MR) is 194 cm³/mol. The Kier molecular flexibility index (Phi) is 13.2. The van der Waals surface area contributed by atoms with Gasteiger partial charge in [-0.15, -0.1) is 0 Å². The molecule has 3 amide bonds. The zero-order chi connectivity index (χ0) is 36.4. The lowest BCUT2D eigenvalue weighted by Crippen LogP contribution is -2.56. The molecule has 274 valence electrons. The van der Waals surface area contributed by atoms with Crippen molar-refractivity contribution in [3.63, 3.8) is 0 Å².